The molecule has 0 radical (unpaired) electrons. The van der Waals surface area contributed by atoms with Crippen molar-refractivity contribution in [2.45, 2.75) is 13.8 Å². The van der Waals surface area contributed by atoms with Crippen molar-refractivity contribution in [1.29, 1.82) is 0 Å². The first-order valence-corrected chi connectivity index (χ1v) is 6.79. The Kier molecular flexibility index (Phi) is 6.50. The van der Waals surface area contributed by atoms with Gasteiger partial charge in [0.15, 0.2) is 0 Å². The molecule has 0 N–H and O–H groups in total. The molecule has 0 aromatic heterocycles. The Morgan fingerprint density at radius 1 is 0.789 bits per heavy atom. The third-order valence-corrected chi connectivity index (χ3v) is 3.38. The van der Waals surface area contributed by atoms with E-state index in [0.29, 0.717) is 5.02 Å². The molecule has 0 heterocycles. The second-order valence-electron chi connectivity index (χ2n) is 4.01. The number of rotatable bonds is 1. The first-order chi connectivity index (χ1) is 8.93. The lowest BCUT2D eigenvalue weighted by atomic mass is 10.2. The fraction of sp³-hybridized carbons (Fsp3) is 0.200. The molecule has 0 amide bonds. The SMILES string of the molecule is COc1cc(Cl)ccc1C.Cc1cc(Cl)ccc1Cl. The Morgan fingerprint density at radius 3 is 1.84 bits per heavy atom. The van der Waals surface area contributed by atoms with Crippen molar-refractivity contribution in [3.8, 4) is 5.75 Å². The van der Waals surface area contributed by atoms with Crippen LogP contribution in [0.25, 0.3) is 0 Å². The van der Waals surface area contributed by atoms with Crippen molar-refractivity contribution in [2.75, 3.05) is 7.11 Å². The molecule has 0 aliphatic heterocycles. The molecule has 19 heavy (non-hydrogen) atoms. The standard InChI is InChI=1S/C8H9ClO.C7H6Cl2/c1-6-3-4-7(9)5-8(6)10-2;1-5-4-6(8)2-3-7(5)9/h3-5H,1-2H3;2-4H,1H3. The number of benzene rings is 2. The number of ether oxygens (including phenoxy) is 1. The van der Waals surface area contributed by atoms with Crippen LogP contribution in [-0.2, 0) is 0 Å². The van der Waals surface area contributed by atoms with Crippen LogP contribution < -0.4 is 4.74 Å². The van der Waals surface area contributed by atoms with Gasteiger partial charge in [0.25, 0.3) is 0 Å². The van der Waals surface area contributed by atoms with Gasteiger partial charge in [-0.25, -0.2) is 0 Å². The molecule has 0 atom stereocenters. The summed E-state index contributed by atoms with van der Waals surface area (Å²) in [5.74, 6) is 0.840. The van der Waals surface area contributed by atoms with E-state index < -0.39 is 0 Å². The van der Waals surface area contributed by atoms with Crippen LogP contribution in [0.1, 0.15) is 11.1 Å². The van der Waals surface area contributed by atoms with Gasteiger partial charge in [-0.2, -0.15) is 0 Å². The molecule has 2 rings (SSSR count). The Labute approximate surface area is 129 Å². The largest absolute Gasteiger partial charge is 0.496 e. The van der Waals surface area contributed by atoms with Crippen LogP contribution in [0.2, 0.25) is 15.1 Å². The Bertz CT molecular complexity index is 553. The van der Waals surface area contributed by atoms with Gasteiger partial charge in [-0.15, -0.1) is 0 Å². The maximum atomic E-state index is 5.72. The summed E-state index contributed by atoms with van der Waals surface area (Å²) in [6, 6.07) is 11.0. The normalized spacial score (nSPS) is 9.58. The highest BCUT2D eigenvalue weighted by molar-refractivity contribution is 6.33. The molecule has 4 heteroatoms. The van der Waals surface area contributed by atoms with Gasteiger partial charge in [-0.3, -0.25) is 0 Å². The summed E-state index contributed by atoms with van der Waals surface area (Å²) in [5.41, 5.74) is 2.12. The first-order valence-electron chi connectivity index (χ1n) is 5.66. The molecule has 0 unspecified atom stereocenters. The quantitative estimate of drug-likeness (QED) is 0.630. The van der Waals surface area contributed by atoms with E-state index in [-0.39, 0.29) is 0 Å². The molecule has 2 aromatic carbocycles. The second kappa shape index (κ2) is 7.64. The van der Waals surface area contributed by atoms with Gasteiger partial charge in [0, 0.05) is 15.1 Å². The molecule has 0 saturated heterocycles. The molecule has 0 aliphatic carbocycles. The summed E-state index contributed by atoms with van der Waals surface area (Å²) in [6.45, 7) is 3.91. The summed E-state index contributed by atoms with van der Waals surface area (Å²) in [7, 11) is 1.64. The van der Waals surface area contributed by atoms with Crippen molar-refractivity contribution < 1.29 is 4.74 Å². The van der Waals surface area contributed by atoms with Crippen molar-refractivity contribution in [2.24, 2.45) is 0 Å². The van der Waals surface area contributed by atoms with Crippen molar-refractivity contribution >= 4 is 34.8 Å². The fourth-order valence-corrected chi connectivity index (χ4v) is 1.91. The number of hydrogen-bond donors (Lipinski definition) is 0. The first kappa shape index (κ1) is 16.2. The molecule has 0 spiro atoms. The highest BCUT2D eigenvalue weighted by Gasteiger charge is 1.96. The summed E-state index contributed by atoms with van der Waals surface area (Å²) in [5, 5.41) is 2.21. The van der Waals surface area contributed by atoms with Gasteiger partial charge < -0.3 is 4.74 Å². The summed E-state index contributed by atoms with van der Waals surface area (Å²) >= 11 is 17.1. The van der Waals surface area contributed by atoms with Crippen LogP contribution in [-0.4, -0.2) is 7.11 Å². The minimum Gasteiger partial charge on any atom is -0.496 e. The van der Waals surface area contributed by atoms with Gasteiger partial charge in [-0.1, -0.05) is 40.9 Å². The van der Waals surface area contributed by atoms with E-state index in [1.807, 2.05) is 32.0 Å². The molecule has 0 saturated carbocycles. The van der Waals surface area contributed by atoms with Gasteiger partial charge in [0.1, 0.15) is 5.75 Å². The van der Waals surface area contributed by atoms with Crippen molar-refractivity contribution in [3.63, 3.8) is 0 Å². The molecule has 1 nitrogen and oxygen atoms in total. The topological polar surface area (TPSA) is 9.23 Å². The fourth-order valence-electron chi connectivity index (χ4n) is 1.40. The number of methoxy groups -OCH3 is 1. The molecular weight excluding hydrogens is 303 g/mol. The minimum atomic E-state index is 0.711. The van der Waals surface area contributed by atoms with Gasteiger partial charge >= 0.3 is 0 Å². The molecule has 0 fully saturated rings. The van der Waals surface area contributed by atoms with Crippen LogP contribution in [0.4, 0.5) is 0 Å². The third-order valence-electron chi connectivity index (χ3n) is 2.49. The van der Waals surface area contributed by atoms with Crippen LogP contribution in [0.15, 0.2) is 36.4 Å². The summed E-state index contributed by atoms with van der Waals surface area (Å²) in [6.07, 6.45) is 0. The highest BCUT2D eigenvalue weighted by atomic mass is 35.5. The molecule has 102 valence electrons. The van der Waals surface area contributed by atoms with E-state index in [1.165, 1.54) is 0 Å². The lowest BCUT2D eigenvalue weighted by Gasteiger charge is -2.02. The Hall–Kier alpha value is -0.890. The molecule has 2 aromatic rings. The second-order valence-corrected chi connectivity index (χ2v) is 5.29. The molecule has 0 aliphatic rings. The zero-order valence-electron chi connectivity index (χ0n) is 11.0. The van der Waals surface area contributed by atoms with Crippen molar-refractivity contribution in [1.82, 2.24) is 0 Å². The van der Waals surface area contributed by atoms with E-state index in [2.05, 4.69) is 0 Å². The monoisotopic (exact) mass is 316 g/mol. The Morgan fingerprint density at radius 2 is 1.37 bits per heavy atom. The third kappa shape index (κ3) is 5.32. The van der Waals surface area contributed by atoms with Gasteiger partial charge in [0.05, 0.1) is 7.11 Å². The minimum absolute atomic E-state index is 0.711. The Balaban J connectivity index is 0.000000191. The zero-order chi connectivity index (χ0) is 14.4. The van der Waals surface area contributed by atoms with Crippen LogP contribution in [0.5, 0.6) is 5.75 Å². The van der Waals surface area contributed by atoms with Gasteiger partial charge in [-0.05, 0) is 55.3 Å². The van der Waals surface area contributed by atoms with E-state index in [9.17, 15) is 0 Å². The average Bonchev–Trinajstić information content (AvgIpc) is 2.38. The van der Waals surface area contributed by atoms with E-state index in [4.69, 9.17) is 39.5 Å². The predicted octanol–water partition coefficient (Wildman–Crippen LogP) is 5.96. The maximum Gasteiger partial charge on any atom is 0.123 e. The van der Waals surface area contributed by atoms with Gasteiger partial charge in [0.2, 0.25) is 0 Å². The number of halogens is 3. The summed E-state index contributed by atoms with van der Waals surface area (Å²) in [4.78, 5) is 0. The van der Waals surface area contributed by atoms with Crippen molar-refractivity contribution in [3.05, 3.63) is 62.6 Å². The lowest BCUT2D eigenvalue weighted by molar-refractivity contribution is 0.412. The molecule has 0 bridgehead atoms. The highest BCUT2D eigenvalue weighted by Crippen LogP contribution is 2.21. The van der Waals surface area contributed by atoms with Crippen LogP contribution in [0.3, 0.4) is 0 Å². The summed E-state index contributed by atoms with van der Waals surface area (Å²) < 4.78 is 5.04. The van der Waals surface area contributed by atoms with E-state index >= 15 is 0 Å². The predicted molar refractivity (Wildman–Crippen MR) is 83.9 cm³/mol. The number of hydrogen-bond acceptors (Lipinski definition) is 1. The van der Waals surface area contributed by atoms with E-state index in [0.717, 1.165) is 26.9 Å². The smallest absolute Gasteiger partial charge is 0.123 e. The van der Waals surface area contributed by atoms with Crippen LogP contribution in [0, 0.1) is 13.8 Å². The number of aryl methyl sites for hydroxylation is 2. The zero-order valence-corrected chi connectivity index (χ0v) is 13.3. The molecular formula is C15H15Cl3O. The maximum absolute atomic E-state index is 5.72. The average molecular weight is 318 g/mol. The van der Waals surface area contributed by atoms with E-state index in [1.54, 1.807) is 25.3 Å². The lowest BCUT2D eigenvalue weighted by Crippen LogP contribution is -1.85. The van der Waals surface area contributed by atoms with Crippen LogP contribution >= 0.6 is 34.8 Å².